The lowest BCUT2D eigenvalue weighted by Gasteiger charge is -2.22. The van der Waals surface area contributed by atoms with E-state index in [9.17, 15) is 5.11 Å². The predicted octanol–water partition coefficient (Wildman–Crippen LogP) is 1.20. The van der Waals surface area contributed by atoms with E-state index in [0.717, 1.165) is 40.2 Å². The number of fused-ring (bicyclic) bond motifs is 1. The Morgan fingerprint density at radius 3 is 2.54 bits per heavy atom. The number of azo groups is 1. The third-order valence-electron chi connectivity index (χ3n) is 4.68. The van der Waals surface area contributed by atoms with Crippen LogP contribution in [0.25, 0.3) is 11.0 Å². The minimum Gasteiger partial charge on any atom is -1.00 e. The molecule has 6 nitrogen and oxygen atoms in total. The average molecular weight is 422 g/mol. The highest BCUT2D eigenvalue weighted by Gasteiger charge is 2.16. The van der Waals surface area contributed by atoms with Crippen molar-refractivity contribution in [2.75, 3.05) is 24.6 Å². The van der Waals surface area contributed by atoms with Crippen LogP contribution in [0.1, 0.15) is 12.5 Å². The summed E-state index contributed by atoms with van der Waals surface area (Å²) in [6.45, 7) is 5.67. The van der Waals surface area contributed by atoms with E-state index in [1.54, 1.807) is 0 Å². The molecular formula is C20H25Cl2N5O. The molecule has 0 aliphatic heterocycles. The minimum absolute atomic E-state index is 0. The Bertz CT molecular complexity index is 1000. The van der Waals surface area contributed by atoms with Crippen molar-refractivity contribution in [2.45, 2.75) is 13.8 Å². The molecule has 0 aliphatic rings. The molecule has 0 fully saturated rings. The molecule has 0 amide bonds. The molecule has 0 radical (unpaired) electrons. The van der Waals surface area contributed by atoms with Gasteiger partial charge < -0.3 is 22.4 Å². The summed E-state index contributed by atoms with van der Waals surface area (Å²) >= 11 is 6.27. The van der Waals surface area contributed by atoms with Crippen LogP contribution >= 0.6 is 11.6 Å². The van der Waals surface area contributed by atoms with Crippen molar-refractivity contribution in [3.05, 3.63) is 47.2 Å². The zero-order chi connectivity index (χ0) is 19.6. The van der Waals surface area contributed by atoms with Crippen molar-refractivity contribution >= 4 is 39.7 Å². The van der Waals surface area contributed by atoms with E-state index >= 15 is 0 Å². The molecule has 0 atom stereocenters. The molecule has 1 aromatic heterocycles. The fraction of sp³-hybridized carbons (Fsp3) is 0.350. The van der Waals surface area contributed by atoms with Gasteiger partial charge in [-0.1, -0.05) is 11.6 Å². The summed E-state index contributed by atoms with van der Waals surface area (Å²) in [5, 5.41) is 18.8. The fourth-order valence-corrected chi connectivity index (χ4v) is 3.51. The van der Waals surface area contributed by atoms with Crippen LogP contribution in [0.3, 0.4) is 0 Å². The van der Waals surface area contributed by atoms with E-state index in [-0.39, 0.29) is 19.0 Å². The Hall–Kier alpha value is -2.15. The van der Waals surface area contributed by atoms with Crippen LogP contribution in [0.15, 0.2) is 46.9 Å². The maximum Gasteiger partial charge on any atom is 0.244 e. The predicted molar refractivity (Wildman–Crippen MR) is 109 cm³/mol. The Morgan fingerprint density at radius 2 is 1.89 bits per heavy atom. The van der Waals surface area contributed by atoms with Crippen LogP contribution < -0.4 is 21.9 Å². The Morgan fingerprint density at radius 1 is 1.18 bits per heavy atom. The van der Waals surface area contributed by atoms with E-state index in [2.05, 4.69) is 28.1 Å². The van der Waals surface area contributed by atoms with Crippen LogP contribution in [-0.4, -0.2) is 29.4 Å². The number of hydrogen-bond donors (Lipinski definition) is 1. The van der Waals surface area contributed by atoms with Crippen molar-refractivity contribution < 1.29 is 22.1 Å². The van der Waals surface area contributed by atoms with Gasteiger partial charge in [0.05, 0.1) is 26.4 Å². The number of aliphatic hydroxyl groups is 1. The lowest BCUT2D eigenvalue weighted by atomic mass is 10.1. The van der Waals surface area contributed by atoms with Gasteiger partial charge in [-0.05, 0) is 43.7 Å². The molecule has 3 rings (SSSR count). The Balaban J connectivity index is 0.00000280. The summed E-state index contributed by atoms with van der Waals surface area (Å²) in [6.07, 6.45) is 1.99. The molecule has 0 saturated carbocycles. The molecular weight excluding hydrogens is 397 g/mol. The highest BCUT2D eigenvalue weighted by atomic mass is 35.5. The fourth-order valence-electron chi connectivity index (χ4n) is 3.30. The number of imidazole rings is 1. The van der Waals surface area contributed by atoms with Crippen molar-refractivity contribution in [3.63, 3.8) is 0 Å². The van der Waals surface area contributed by atoms with Crippen molar-refractivity contribution in [3.8, 4) is 0 Å². The van der Waals surface area contributed by atoms with Gasteiger partial charge in [0.25, 0.3) is 0 Å². The van der Waals surface area contributed by atoms with Crippen molar-refractivity contribution in [1.82, 2.24) is 4.57 Å². The average Bonchev–Trinajstić information content (AvgIpc) is 2.92. The first kappa shape index (κ1) is 22.1. The van der Waals surface area contributed by atoms with Gasteiger partial charge in [0.1, 0.15) is 5.69 Å². The summed E-state index contributed by atoms with van der Waals surface area (Å²) in [4.78, 5) is 2.12. The molecule has 1 heterocycles. The van der Waals surface area contributed by atoms with Crippen LogP contribution in [-0.2, 0) is 14.1 Å². The number of anilines is 1. The van der Waals surface area contributed by atoms with Gasteiger partial charge in [-0.2, -0.15) is 5.11 Å². The molecule has 0 aliphatic carbocycles. The smallest absolute Gasteiger partial charge is 0.244 e. The second-order valence-electron chi connectivity index (χ2n) is 6.60. The second-order valence-corrected chi connectivity index (χ2v) is 7.04. The lowest BCUT2D eigenvalue weighted by Crippen LogP contribution is -3.00. The maximum atomic E-state index is 9.21. The molecule has 8 heteroatoms. The zero-order valence-electron chi connectivity index (χ0n) is 16.5. The summed E-state index contributed by atoms with van der Waals surface area (Å²) in [6, 6.07) is 9.80. The topological polar surface area (TPSA) is 57.0 Å². The van der Waals surface area contributed by atoms with E-state index in [0.29, 0.717) is 11.6 Å². The second kappa shape index (κ2) is 9.37. The first-order chi connectivity index (χ1) is 12.9. The van der Waals surface area contributed by atoms with Gasteiger partial charge in [0, 0.05) is 29.9 Å². The van der Waals surface area contributed by atoms with Gasteiger partial charge >= 0.3 is 0 Å². The quantitative estimate of drug-likeness (QED) is 0.480. The van der Waals surface area contributed by atoms with Gasteiger partial charge in [0.2, 0.25) is 11.8 Å². The Kier molecular flexibility index (Phi) is 7.41. The van der Waals surface area contributed by atoms with Crippen LogP contribution in [0, 0.1) is 6.92 Å². The lowest BCUT2D eigenvalue weighted by molar-refractivity contribution is -0.645. The number of aryl methyl sites for hydroxylation is 3. The molecule has 0 spiro atoms. The molecule has 0 bridgehead atoms. The normalized spacial score (nSPS) is 11.2. The summed E-state index contributed by atoms with van der Waals surface area (Å²) in [7, 11) is 3.96. The molecule has 28 heavy (non-hydrogen) atoms. The highest BCUT2D eigenvalue weighted by molar-refractivity contribution is 6.31. The third-order valence-corrected chi connectivity index (χ3v) is 4.89. The van der Waals surface area contributed by atoms with E-state index < -0.39 is 0 Å². The SMILES string of the molecule is CCN(CCO)c1ccc(N=Nc2cc(Cl)cc3c2[n+](C)cn3C)c(C)c1.[Cl-]. The van der Waals surface area contributed by atoms with E-state index in [1.165, 1.54) is 0 Å². The number of aromatic nitrogens is 2. The Labute approximate surface area is 176 Å². The molecule has 150 valence electrons. The molecule has 2 aromatic carbocycles. The van der Waals surface area contributed by atoms with Gasteiger partial charge in [0.15, 0.2) is 5.52 Å². The summed E-state index contributed by atoms with van der Waals surface area (Å²) < 4.78 is 4.03. The first-order valence-corrected chi connectivity index (χ1v) is 9.34. The van der Waals surface area contributed by atoms with Crippen LogP contribution in [0.4, 0.5) is 17.1 Å². The number of hydrogen-bond acceptors (Lipinski definition) is 4. The molecule has 0 unspecified atom stereocenters. The first-order valence-electron chi connectivity index (χ1n) is 8.97. The molecule has 1 N–H and O–H groups in total. The van der Waals surface area contributed by atoms with Gasteiger partial charge in [-0.3, -0.25) is 0 Å². The monoisotopic (exact) mass is 421 g/mol. The third kappa shape index (κ3) is 4.46. The van der Waals surface area contributed by atoms with Crippen LogP contribution in [0.5, 0.6) is 0 Å². The number of halogens is 2. The number of aliphatic hydroxyl groups excluding tert-OH is 1. The zero-order valence-corrected chi connectivity index (χ0v) is 18.0. The van der Waals surface area contributed by atoms with E-state index in [4.69, 9.17) is 11.6 Å². The highest BCUT2D eigenvalue weighted by Crippen LogP contribution is 2.31. The standard InChI is InChI=1S/C20H25ClN5O.ClH/c1-5-26(8-9-27)16-6-7-17(14(2)10-16)22-23-18-11-15(21)12-19-20(18)25(4)13-24(19)3;/h6-7,10-13,27H,5,8-9H2,1-4H3;1H/q+1;/p-1. The van der Waals surface area contributed by atoms with E-state index in [1.807, 2.05) is 60.7 Å². The minimum atomic E-state index is 0. The van der Waals surface area contributed by atoms with Crippen molar-refractivity contribution in [2.24, 2.45) is 24.3 Å². The summed E-state index contributed by atoms with van der Waals surface area (Å²) in [5.41, 5.74) is 5.64. The number of rotatable bonds is 6. The molecule has 0 saturated heterocycles. The van der Waals surface area contributed by atoms with Gasteiger partial charge in [-0.25, -0.2) is 9.13 Å². The maximum absolute atomic E-state index is 9.21. The number of likely N-dealkylation sites (N-methyl/N-ethyl adjacent to an activating group) is 1. The van der Waals surface area contributed by atoms with Gasteiger partial charge in [-0.15, -0.1) is 5.11 Å². The number of nitrogens with zero attached hydrogens (tertiary/aromatic N) is 5. The van der Waals surface area contributed by atoms with Crippen LogP contribution in [0.2, 0.25) is 5.02 Å². The molecule has 3 aromatic rings. The van der Waals surface area contributed by atoms with Crippen molar-refractivity contribution in [1.29, 1.82) is 0 Å². The summed E-state index contributed by atoms with van der Waals surface area (Å²) in [5.74, 6) is 0. The largest absolute Gasteiger partial charge is 1.00 e. The number of benzene rings is 2.